The summed E-state index contributed by atoms with van der Waals surface area (Å²) in [7, 11) is 0. The van der Waals surface area contributed by atoms with Gasteiger partial charge in [-0.15, -0.1) is 0 Å². The van der Waals surface area contributed by atoms with Crippen LogP contribution in [0, 0.1) is 0 Å². The van der Waals surface area contributed by atoms with Crippen LogP contribution in [0.15, 0.2) is 48.5 Å². The second kappa shape index (κ2) is 10.1. The molecule has 2 aromatic carbocycles. The number of amides is 1. The van der Waals surface area contributed by atoms with Gasteiger partial charge in [0.25, 0.3) is 0 Å². The topological polar surface area (TPSA) is 69.3 Å². The fourth-order valence-corrected chi connectivity index (χ4v) is 4.93. The predicted molar refractivity (Wildman–Crippen MR) is 125 cm³/mol. The van der Waals surface area contributed by atoms with Crippen LogP contribution in [-0.2, 0) is 20.9 Å². The Morgan fingerprint density at radius 1 is 1.03 bits per heavy atom. The molecule has 176 valence electrons. The maximum Gasteiger partial charge on any atom is 0.238 e. The van der Waals surface area contributed by atoms with Gasteiger partial charge in [-0.05, 0) is 37.0 Å². The van der Waals surface area contributed by atoms with Crippen molar-refractivity contribution >= 4 is 11.6 Å². The van der Waals surface area contributed by atoms with Gasteiger partial charge < -0.3 is 24.3 Å². The lowest BCUT2D eigenvalue weighted by molar-refractivity contribution is -0.159. The van der Waals surface area contributed by atoms with Crippen molar-refractivity contribution in [2.45, 2.75) is 44.0 Å². The van der Waals surface area contributed by atoms with Gasteiger partial charge in [0.2, 0.25) is 5.91 Å². The Bertz CT molecular complexity index is 945. The summed E-state index contributed by atoms with van der Waals surface area (Å²) in [6.07, 6.45) is 3.76. The number of hydrogen-bond donors (Lipinski definition) is 1. The Labute approximate surface area is 195 Å². The molecule has 2 fully saturated rings. The average molecular weight is 453 g/mol. The maximum atomic E-state index is 12.8. The minimum Gasteiger partial charge on any atom is -0.490 e. The van der Waals surface area contributed by atoms with Crippen molar-refractivity contribution in [1.29, 1.82) is 0 Å². The molecule has 33 heavy (non-hydrogen) atoms. The average Bonchev–Trinajstić information content (AvgIpc) is 3.18. The van der Waals surface area contributed by atoms with Crippen molar-refractivity contribution in [3.63, 3.8) is 0 Å². The first-order chi connectivity index (χ1) is 16.2. The number of piperidine rings is 1. The van der Waals surface area contributed by atoms with Crippen LogP contribution in [-0.4, -0.2) is 62.0 Å². The molecule has 2 aromatic rings. The number of rotatable bonds is 6. The standard InChI is InChI=1S/C26H32N2O5/c29-25(27-21-8-9-22-23(16-21)31-14-5-13-30-22)18-28-12-11-26(10-4-15-33-26)24(17-28)32-19-20-6-2-1-3-7-20/h1-3,6-9,16,24H,4-5,10-15,17-19H2,(H,27,29)/t24-,26-/m1/s1. The molecule has 3 heterocycles. The molecular formula is C26H32N2O5. The monoisotopic (exact) mass is 452 g/mol. The van der Waals surface area contributed by atoms with Gasteiger partial charge in [0.05, 0.1) is 38.1 Å². The van der Waals surface area contributed by atoms with E-state index >= 15 is 0 Å². The molecule has 0 radical (unpaired) electrons. The summed E-state index contributed by atoms with van der Waals surface area (Å²) in [5, 5.41) is 3.01. The van der Waals surface area contributed by atoms with E-state index in [0.717, 1.165) is 50.1 Å². The van der Waals surface area contributed by atoms with E-state index in [0.29, 0.717) is 44.3 Å². The number of benzene rings is 2. The SMILES string of the molecule is O=C(CN1CC[C@]2(CCCO2)[C@H](OCc2ccccc2)C1)Nc1ccc2c(c1)OCCCO2. The third-order valence-electron chi connectivity index (χ3n) is 6.69. The fourth-order valence-electron chi connectivity index (χ4n) is 4.93. The van der Waals surface area contributed by atoms with E-state index < -0.39 is 0 Å². The van der Waals surface area contributed by atoms with Crippen molar-refractivity contribution in [3.05, 3.63) is 54.1 Å². The zero-order valence-electron chi connectivity index (χ0n) is 19.0. The van der Waals surface area contributed by atoms with Crippen molar-refractivity contribution < 1.29 is 23.7 Å². The highest BCUT2D eigenvalue weighted by atomic mass is 16.6. The minimum absolute atomic E-state index is 0.0467. The Balaban J connectivity index is 1.19. The van der Waals surface area contributed by atoms with Gasteiger partial charge in [-0.1, -0.05) is 30.3 Å². The predicted octanol–water partition coefficient (Wildman–Crippen LogP) is 3.63. The van der Waals surface area contributed by atoms with Gasteiger partial charge in [0.1, 0.15) is 0 Å². The molecule has 1 N–H and O–H groups in total. The van der Waals surface area contributed by atoms with E-state index in [1.54, 1.807) is 0 Å². The maximum absolute atomic E-state index is 12.8. The van der Waals surface area contributed by atoms with Gasteiger partial charge in [0.15, 0.2) is 11.5 Å². The van der Waals surface area contributed by atoms with Crippen molar-refractivity contribution in [2.75, 3.05) is 44.8 Å². The van der Waals surface area contributed by atoms with Crippen molar-refractivity contribution in [1.82, 2.24) is 4.90 Å². The zero-order chi connectivity index (χ0) is 22.5. The summed E-state index contributed by atoms with van der Waals surface area (Å²) in [6.45, 7) is 4.42. The fraction of sp³-hybridized carbons (Fsp3) is 0.500. The van der Waals surface area contributed by atoms with E-state index in [2.05, 4.69) is 22.3 Å². The lowest BCUT2D eigenvalue weighted by Crippen LogP contribution is -2.57. The first-order valence-electron chi connectivity index (χ1n) is 11.9. The molecule has 0 unspecified atom stereocenters. The van der Waals surface area contributed by atoms with Gasteiger partial charge >= 0.3 is 0 Å². The number of nitrogens with one attached hydrogen (secondary N) is 1. The van der Waals surface area contributed by atoms with Gasteiger partial charge in [0, 0.05) is 37.9 Å². The largest absolute Gasteiger partial charge is 0.490 e. The lowest BCUT2D eigenvalue weighted by atomic mass is 9.85. The lowest BCUT2D eigenvalue weighted by Gasteiger charge is -2.44. The quantitative estimate of drug-likeness (QED) is 0.722. The normalized spacial score (nSPS) is 25.0. The molecule has 0 saturated carbocycles. The number of ether oxygens (including phenoxy) is 4. The highest BCUT2D eigenvalue weighted by Crippen LogP contribution is 2.38. The summed E-state index contributed by atoms with van der Waals surface area (Å²) in [6, 6.07) is 15.8. The van der Waals surface area contributed by atoms with Crippen LogP contribution in [0.4, 0.5) is 5.69 Å². The molecule has 0 bridgehead atoms. The number of likely N-dealkylation sites (tertiary alicyclic amines) is 1. The van der Waals surface area contributed by atoms with Crippen LogP contribution in [0.1, 0.15) is 31.2 Å². The molecule has 0 aliphatic carbocycles. The highest BCUT2D eigenvalue weighted by molar-refractivity contribution is 5.92. The van der Waals surface area contributed by atoms with Crippen LogP contribution in [0.3, 0.4) is 0 Å². The number of nitrogens with zero attached hydrogens (tertiary/aromatic N) is 1. The van der Waals surface area contributed by atoms with Crippen LogP contribution in [0.2, 0.25) is 0 Å². The molecular weight excluding hydrogens is 420 g/mol. The molecule has 3 aliphatic rings. The van der Waals surface area contributed by atoms with Gasteiger partial charge in [-0.25, -0.2) is 0 Å². The molecule has 7 nitrogen and oxygen atoms in total. The van der Waals surface area contributed by atoms with E-state index in [4.69, 9.17) is 18.9 Å². The van der Waals surface area contributed by atoms with Crippen LogP contribution in [0.25, 0.3) is 0 Å². The van der Waals surface area contributed by atoms with Gasteiger partial charge in [-0.2, -0.15) is 0 Å². The number of hydrogen-bond acceptors (Lipinski definition) is 6. The number of fused-ring (bicyclic) bond motifs is 1. The summed E-state index contributed by atoms with van der Waals surface area (Å²) < 4.78 is 24.0. The van der Waals surface area contributed by atoms with E-state index in [1.807, 2.05) is 36.4 Å². The summed E-state index contributed by atoms with van der Waals surface area (Å²) in [5.74, 6) is 1.36. The van der Waals surface area contributed by atoms with Crippen LogP contribution >= 0.6 is 0 Å². The van der Waals surface area contributed by atoms with Crippen molar-refractivity contribution in [3.8, 4) is 11.5 Å². The molecule has 1 amide bonds. The second-order valence-corrected chi connectivity index (χ2v) is 9.05. The third-order valence-corrected chi connectivity index (χ3v) is 6.69. The molecule has 0 aromatic heterocycles. The van der Waals surface area contributed by atoms with Crippen LogP contribution < -0.4 is 14.8 Å². The summed E-state index contributed by atoms with van der Waals surface area (Å²) in [5.41, 5.74) is 1.64. The zero-order valence-corrected chi connectivity index (χ0v) is 19.0. The number of anilines is 1. The smallest absolute Gasteiger partial charge is 0.238 e. The van der Waals surface area contributed by atoms with E-state index in [1.165, 1.54) is 0 Å². The Kier molecular flexibility index (Phi) is 6.80. The third kappa shape index (κ3) is 5.32. The highest BCUT2D eigenvalue weighted by Gasteiger charge is 2.47. The van der Waals surface area contributed by atoms with E-state index in [9.17, 15) is 4.79 Å². The van der Waals surface area contributed by atoms with Crippen LogP contribution in [0.5, 0.6) is 11.5 Å². The first-order valence-corrected chi connectivity index (χ1v) is 11.9. The second-order valence-electron chi connectivity index (χ2n) is 9.05. The molecule has 2 saturated heterocycles. The summed E-state index contributed by atoms with van der Waals surface area (Å²) in [4.78, 5) is 15.0. The molecule has 1 spiro atoms. The molecule has 3 aliphatic heterocycles. The number of carbonyl (C=O) groups excluding carboxylic acids is 1. The number of carbonyl (C=O) groups is 1. The molecule has 2 atom stereocenters. The molecule has 5 rings (SSSR count). The summed E-state index contributed by atoms with van der Waals surface area (Å²) >= 11 is 0. The van der Waals surface area contributed by atoms with Gasteiger partial charge in [-0.3, -0.25) is 9.69 Å². The Morgan fingerprint density at radius 2 is 1.88 bits per heavy atom. The Hall–Kier alpha value is -2.61. The van der Waals surface area contributed by atoms with E-state index in [-0.39, 0.29) is 17.6 Å². The minimum atomic E-state index is -0.226. The van der Waals surface area contributed by atoms with Crippen molar-refractivity contribution in [2.24, 2.45) is 0 Å². The molecule has 7 heteroatoms. The Morgan fingerprint density at radius 3 is 2.70 bits per heavy atom. The first kappa shape index (κ1) is 22.2.